The Morgan fingerprint density at radius 3 is 2.64 bits per heavy atom. The summed E-state index contributed by atoms with van der Waals surface area (Å²) in [6, 6.07) is 8.91. The molecule has 2 N–H and O–H groups in total. The molecule has 0 fully saturated rings. The fourth-order valence-electron chi connectivity index (χ4n) is 2.14. The topological polar surface area (TPSA) is 75.6 Å². The number of benzene rings is 2. The van der Waals surface area contributed by atoms with Crippen LogP contribution in [0.5, 0.6) is 0 Å². The quantitative estimate of drug-likeness (QED) is 0.824. The molecule has 0 spiro atoms. The molecule has 0 saturated carbocycles. The maximum atomic E-state index is 12.3. The van der Waals surface area contributed by atoms with Crippen LogP contribution in [-0.4, -0.2) is 20.6 Å². The summed E-state index contributed by atoms with van der Waals surface area (Å²) in [4.78, 5) is -0.000744. The molecule has 0 radical (unpaired) electrons. The molecule has 3 rings (SSSR count). The van der Waals surface area contributed by atoms with E-state index in [1.807, 2.05) is 0 Å². The maximum Gasteiger partial charge on any atom is 0.491 e. The van der Waals surface area contributed by atoms with Gasteiger partial charge in [-0.15, -0.1) is 0 Å². The van der Waals surface area contributed by atoms with E-state index < -0.39 is 17.1 Å². The molecule has 9 heteroatoms. The van der Waals surface area contributed by atoms with Gasteiger partial charge in [0.1, 0.15) is 0 Å². The zero-order valence-corrected chi connectivity index (χ0v) is 13.4. The average molecular weight is 358 g/mol. The van der Waals surface area contributed by atoms with Gasteiger partial charge in [-0.2, -0.15) is 0 Å². The van der Waals surface area contributed by atoms with Gasteiger partial charge >= 0.3 is 7.12 Å². The van der Waals surface area contributed by atoms with Crippen molar-refractivity contribution in [1.29, 1.82) is 0 Å². The van der Waals surface area contributed by atoms with Gasteiger partial charge in [-0.25, -0.2) is 8.42 Å². The molecule has 0 amide bonds. The number of nitrogens with one attached hydrogen (secondary N) is 1. The number of hydrogen-bond donors (Lipinski definition) is 2. The predicted octanol–water partition coefficient (Wildman–Crippen LogP) is 2.01. The van der Waals surface area contributed by atoms with Gasteiger partial charge < -0.3 is 9.68 Å². The Morgan fingerprint density at radius 1 is 1.14 bits per heavy atom. The summed E-state index contributed by atoms with van der Waals surface area (Å²) in [5.41, 5.74) is 1.70. The van der Waals surface area contributed by atoms with Crippen molar-refractivity contribution >= 4 is 51.5 Å². The van der Waals surface area contributed by atoms with Gasteiger partial charge in [0, 0.05) is 5.69 Å². The van der Waals surface area contributed by atoms with Gasteiger partial charge in [0.25, 0.3) is 10.0 Å². The molecule has 22 heavy (non-hydrogen) atoms. The Hall–Kier alpha value is -1.25. The number of sulfonamides is 1. The third-order valence-electron chi connectivity index (χ3n) is 3.26. The van der Waals surface area contributed by atoms with Crippen LogP contribution in [0.25, 0.3) is 0 Å². The first kappa shape index (κ1) is 15.6. The number of hydrogen-bond acceptors (Lipinski definition) is 4. The summed E-state index contributed by atoms with van der Waals surface area (Å²) in [5, 5.41) is 10.1. The highest BCUT2D eigenvalue weighted by Crippen LogP contribution is 2.26. The minimum Gasteiger partial charge on any atom is -0.423 e. The average Bonchev–Trinajstić information content (AvgIpc) is 2.83. The summed E-state index contributed by atoms with van der Waals surface area (Å²) in [6.45, 7) is 0.302. The Bertz CT molecular complexity index is 844. The van der Waals surface area contributed by atoms with Crippen molar-refractivity contribution in [2.24, 2.45) is 0 Å². The van der Waals surface area contributed by atoms with Crippen LogP contribution in [0, 0.1) is 0 Å². The second-order valence-electron chi connectivity index (χ2n) is 4.76. The van der Waals surface area contributed by atoms with E-state index in [4.69, 9.17) is 27.9 Å². The first-order valence-electron chi connectivity index (χ1n) is 6.27. The third-order valence-corrected chi connectivity index (χ3v) is 5.38. The third kappa shape index (κ3) is 2.95. The number of anilines is 1. The molecule has 0 unspecified atom stereocenters. The van der Waals surface area contributed by atoms with E-state index in [2.05, 4.69) is 4.72 Å². The van der Waals surface area contributed by atoms with Crippen molar-refractivity contribution in [2.45, 2.75) is 11.5 Å². The van der Waals surface area contributed by atoms with Gasteiger partial charge in [0.2, 0.25) is 0 Å². The first-order valence-corrected chi connectivity index (χ1v) is 8.51. The zero-order chi connectivity index (χ0) is 15.9. The summed E-state index contributed by atoms with van der Waals surface area (Å²) >= 11 is 11.6. The van der Waals surface area contributed by atoms with Crippen molar-refractivity contribution in [2.75, 3.05) is 4.72 Å². The molecule has 114 valence electrons. The van der Waals surface area contributed by atoms with Gasteiger partial charge in [-0.05, 0) is 41.4 Å². The lowest BCUT2D eigenvalue weighted by atomic mass is 9.79. The Morgan fingerprint density at radius 2 is 1.91 bits per heavy atom. The standard InChI is InChI=1S/C13H10BCl2NO4S/c15-12-4-3-10(6-13(12)16)22(19,20)17-9-2-1-8-7-21-14(18)11(8)5-9/h1-6,17-18H,7H2. The molecule has 1 heterocycles. The normalized spacial score (nSPS) is 14.0. The second kappa shape index (κ2) is 5.75. The van der Waals surface area contributed by atoms with Crippen LogP contribution in [0.2, 0.25) is 10.0 Å². The molecule has 0 atom stereocenters. The van der Waals surface area contributed by atoms with Gasteiger partial charge in [0.15, 0.2) is 0 Å². The van der Waals surface area contributed by atoms with E-state index in [0.29, 0.717) is 17.8 Å². The van der Waals surface area contributed by atoms with Crippen molar-refractivity contribution in [3.63, 3.8) is 0 Å². The summed E-state index contributed by atoms with van der Waals surface area (Å²) in [7, 11) is -4.84. The minimum atomic E-state index is -3.80. The van der Waals surface area contributed by atoms with Crippen molar-refractivity contribution in [3.05, 3.63) is 52.0 Å². The van der Waals surface area contributed by atoms with E-state index in [0.717, 1.165) is 5.56 Å². The maximum absolute atomic E-state index is 12.3. The second-order valence-corrected chi connectivity index (χ2v) is 7.26. The summed E-state index contributed by atoms with van der Waals surface area (Å²) in [6.07, 6.45) is 0. The van der Waals surface area contributed by atoms with Gasteiger partial charge in [0.05, 0.1) is 21.5 Å². The van der Waals surface area contributed by atoms with Crippen LogP contribution in [0.3, 0.4) is 0 Å². The molecule has 0 aromatic heterocycles. The molecule has 5 nitrogen and oxygen atoms in total. The fourth-order valence-corrected chi connectivity index (χ4v) is 3.57. The summed E-state index contributed by atoms with van der Waals surface area (Å²) in [5.74, 6) is 0. The van der Waals surface area contributed by atoms with Crippen LogP contribution in [0.15, 0.2) is 41.3 Å². The lowest BCUT2D eigenvalue weighted by Crippen LogP contribution is -2.28. The Balaban J connectivity index is 1.91. The molecule has 1 aliphatic heterocycles. The molecule has 2 aromatic rings. The van der Waals surface area contributed by atoms with Gasteiger partial charge in [-0.3, -0.25) is 4.72 Å². The van der Waals surface area contributed by atoms with E-state index in [1.54, 1.807) is 18.2 Å². The highest BCUT2D eigenvalue weighted by atomic mass is 35.5. The molecule has 2 aromatic carbocycles. The summed E-state index contributed by atoms with van der Waals surface area (Å²) < 4.78 is 32.2. The molecule has 0 saturated heterocycles. The number of fused-ring (bicyclic) bond motifs is 1. The van der Waals surface area contributed by atoms with Crippen molar-refractivity contribution in [1.82, 2.24) is 0 Å². The molecule has 0 aliphatic carbocycles. The monoisotopic (exact) mass is 357 g/mol. The van der Waals surface area contributed by atoms with Crippen LogP contribution in [0.1, 0.15) is 5.56 Å². The van der Waals surface area contributed by atoms with Crippen LogP contribution < -0.4 is 10.2 Å². The van der Waals surface area contributed by atoms with Crippen LogP contribution >= 0.6 is 23.2 Å². The number of rotatable bonds is 3. The Labute approximate surface area is 138 Å². The first-order chi connectivity index (χ1) is 10.4. The van der Waals surface area contributed by atoms with E-state index in [9.17, 15) is 13.4 Å². The highest BCUT2D eigenvalue weighted by molar-refractivity contribution is 7.92. The highest BCUT2D eigenvalue weighted by Gasteiger charge is 2.27. The Kier molecular flexibility index (Phi) is 4.09. The largest absolute Gasteiger partial charge is 0.491 e. The van der Waals surface area contributed by atoms with Gasteiger partial charge in [-0.1, -0.05) is 29.3 Å². The molecular formula is C13H10BCl2NO4S. The molecule has 1 aliphatic rings. The number of halogens is 2. The van der Waals surface area contributed by atoms with E-state index in [-0.39, 0.29) is 14.9 Å². The van der Waals surface area contributed by atoms with Crippen molar-refractivity contribution < 1.29 is 18.1 Å². The molecular weight excluding hydrogens is 348 g/mol. The smallest absolute Gasteiger partial charge is 0.423 e. The van der Waals surface area contributed by atoms with Crippen LogP contribution in [-0.2, 0) is 21.3 Å². The SMILES string of the molecule is O=S(=O)(Nc1ccc2c(c1)B(O)OC2)c1ccc(Cl)c(Cl)c1. The lowest BCUT2D eigenvalue weighted by molar-refractivity contribution is 0.275. The van der Waals surface area contributed by atoms with E-state index >= 15 is 0 Å². The van der Waals surface area contributed by atoms with Crippen LogP contribution in [0.4, 0.5) is 5.69 Å². The lowest BCUT2D eigenvalue weighted by Gasteiger charge is -2.10. The van der Waals surface area contributed by atoms with E-state index in [1.165, 1.54) is 18.2 Å². The zero-order valence-electron chi connectivity index (χ0n) is 11.1. The molecule has 0 bridgehead atoms. The van der Waals surface area contributed by atoms with Crippen molar-refractivity contribution in [3.8, 4) is 0 Å². The predicted molar refractivity (Wildman–Crippen MR) is 86.1 cm³/mol. The fraction of sp³-hybridized carbons (Fsp3) is 0.0769. The minimum absolute atomic E-state index is 0.000744.